The zero-order chi connectivity index (χ0) is 29.2. The predicted octanol–water partition coefficient (Wildman–Crippen LogP) is 2.23. The van der Waals surface area contributed by atoms with E-state index in [2.05, 4.69) is 0 Å². The number of nitriles is 1. The highest BCUT2D eigenvalue weighted by Crippen LogP contribution is 2.37. The Labute approximate surface area is 232 Å². The van der Waals surface area contributed by atoms with Crippen molar-refractivity contribution in [3.63, 3.8) is 0 Å². The summed E-state index contributed by atoms with van der Waals surface area (Å²) in [7, 11) is 3.94. The molecule has 1 aromatic heterocycles. The second kappa shape index (κ2) is 11.1. The molecule has 2 aromatic carbocycles. The summed E-state index contributed by atoms with van der Waals surface area (Å²) < 4.78 is 7.91. The predicted molar refractivity (Wildman–Crippen MR) is 153 cm³/mol. The number of carbonyl (C=O) groups is 1. The van der Waals surface area contributed by atoms with Crippen LogP contribution in [-0.4, -0.2) is 25.2 Å². The highest BCUT2D eigenvalue weighted by atomic mass is 16.5. The molecule has 0 aliphatic carbocycles. The third-order valence-corrected chi connectivity index (χ3v) is 6.74. The average molecular weight is 539 g/mol. The van der Waals surface area contributed by atoms with E-state index in [4.69, 9.17) is 9.84 Å². The Balaban J connectivity index is 1.74. The Morgan fingerprint density at radius 2 is 1.70 bits per heavy atom. The molecule has 8 nitrogen and oxygen atoms in total. The molecular weight excluding hydrogens is 506 g/mol. The molecule has 0 spiro atoms. The normalized spacial score (nSPS) is 14.9. The van der Waals surface area contributed by atoms with E-state index in [9.17, 15) is 19.6 Å². The Hall–Kier alpha value is -4.77. The first-order valence-corrected chi connectivity index (χ1v) is 13.0. The summed E-state index contributed by atoms with van der Waals surface area (Å²) in [4.78, 5) is 39.1. The van der Waals surface area contributed by atoms with Gasteiger partial charge in [0, 0.05) is 54.4 Å². The lowest BCUT2D eigenvalue weighted by molar-refractivity contribution is -0.696. The molecule has 204 valence electrons. The maximum absolute atomic E-state index is 13.1. The smallest absolute Gasteiger partial charge is 0.309 e. The number of nitrogens with zero attached hydrogens (tertiary/aromatic N) is 3. The van der Waals surface area contributed by atoms with Crippen molar-refractivity contribution in [2.24, 2.45) is 11.3 Å². The summed E-state index contributed by atoms with van der Waals surface area (Å²) in [6, 6.07) is 13.1. The molecule has 1 aliphatic rings. The number of hydrogen-bond donors (Lipinski definition) is 1. The fourth-order valence-electron chi connectivity index (χ4n) is 4.41. The summed E-state index contributed by atoms with van der Waals surface area (Å²) in [6.45, 7) is 6.37. The number of allylic oxidation sites excluding steroid dienone is 3. The second-order valence-corrected chi connectivity index (χ2v) is 11.0. The van der Waals surface area contributed by atoms with Gasteiger partial charge in [-0.15, -0.1) is 0 Å². The number of hydrogen-bond acceptors (Lipinski definition) is 6. The summed E-state index contributed by atoms with van der Waals surface area (Å²) in [5, 5.41) is 18.6. The Morgan fingerprint density at radius 1 is 1.07 bits per heavy atom. The topological polar surface area (TPSA) is 112 Å². The molecule has 8 heteroatoms. The van der Waals surface area contributed by atoms with Crippen molar-refractivity contribution in [1.82, 2.24) is 0 Å². The van der Waals surface area contributed by atoms with Gasteiger partial charge < -0.3 is 14.7 Å². The molecular formula is C32H32N3O5+. The number of aryl methyl sites for hydroxylation is 1. The Kier molecular flexibility index (Phi) is 7.87. The maximum Gasteiger partial charge on any atom is 0.309 e. The Morgan fingerprint density at radius 3 is 2.23 bits per heavy atom. The molecule has 1 N–H and O–H groups in total. The molecule has 0 bridgehead atoms. The van der Waals surface area contributed by atoms with Gasteiger partial charge in [-0.1, -0.05) is 26.8 Å². The van der Waals surface area contributed by atoms with Gasteiger partial charge in [-0.3, -0.25) is 14.4 Å². The SMILES string of the molecule is CN(C)c1ccc(C2=CC(C=c3c(=O)c(=C(C#N)c4cc[n+](CCC(=O)O)cc4)c3=O)C=C(C(C)(C)C)O2)cc1. The fourth-order valence-corrected chi connectivity index (χ4v) is 4.41. The maximum atomic E-state index is 13.1. The van der Waals surface area contributed by atoms with Gasteiger partial charge in [0.2, 0.25) is 10.9 Å². The largest absolute Gasteiger partial charge is 0.481 e. The lowest BCUT2D eigenvalue weighted by atomic mass is 9.88. The number of rotatable bonds is 7. The van der Waals surface area contributed by atoms with Crippen LogP contribution in [0.15, 0.2) is 76.3 Å². The van der Waals surface area contributed by atoms with E-state index < -0.39 is 16.8 Å². The van der Waals surface area contributed by atoms with E-state index >= 15 is 0 Å². The van der Waals surface area contributed by atoms with Crippen molar-refractivity contribution in [2.75, 3.05) is 19.0 Å². The first-order valence-electron chi connectivity index (χ1n) is 13.0. The number of ether oxygens (including phenoxy) is 1. The van der Waals surface area contributed by atoms with Gasteiger partial charge in [0.15, 0.2) is 18.9 Å². The van der Waals surface area contributed by atoms with Gasteiger partial charge in [-0.25, -0.2) is 4.57 Å². The number of carboxylic acid groups (broad SMARTS) is 1. The zero-order valence-electron chi connectivity index (χ0n) is 23.3. The van der Waals surface area contributed by atoms with Crippen LogP contribution >= 0.6 is 0 Å². The van der Waals surface area contributed by atoms with Crippen LogP contribution in [0.3, 0.4) is 0 Å². The first-order chi connectivity index (χ1) is 18.9. The van der Waals surface area contributed by atoms with E-state index in [1.807, 2.05) is 82.3 Å². The van der Waals surface area contributed by atoms with Gasteiger partial charge in [0.05, 0.1) is 16.0 Å². The third-order valence-electron chi connectivity index (χ3n) is 6.74. The number of anilines is 1. The second-order valence-electron chi connectivity index (χ2n) is 11.0. The van der Waals surface area contributed by atoms with E-state index in [0.717, 1.165) is 17.0 Å². The van der Waals surface area contributed by atoms with E-state index in [-0.39, 0.29) is 40.3 Å². The van der Waals surface area contributed by atoms with Crippen LogP contribution in [0.5, 0.6) is 0 Å². The minimum Gasteiger partial charge on any atom is -0.481 e. The molecule has 0 amide bonds. The molecule has 3 aromatic rings. The molecule has 1 unspecified atom stereocenters. The number of aliphatic carboxylic acids is 1. The van der Waals surface area contributed by atoms with Gasteiger partial charge in [0.1, 0.15) is 24.0 Å². The highest BCUT2D eigenvalue weighted by molar-refractivity contribution is 5.76. The molecule has 4 rings (SSSR count). The van der Waals surface area contributed by atoms with Crippen LogP contribution < -0.4 is 30.8 Å². The zero-order valence-corrected chi connectivity index (χ0v) is 23.3. The molecule has 0 saturated carbocycles. The number of benzene rings is 1. The summed E-state index contributed by atoms with van der Waals surface area (Å²) in [5.41, 5.74) is 1.13. The van der Waals surface area contributed by atoms with Crippen molar-refractivity contribution < 1.29 is 19.2 Å². The molecule has 2 heterocycles. The van der Waals surface area contributed by atoms with Crippen LogP contribution in [0.2, 0.25) is 0 Å². The van der Waals surface area contributed by atoms with Crippen LogP contribution in [0, 0.1) is 22.7 Å². The third kappa shape index (κ3) is 5.94. The van der Waals surface area contributed by atoms with Gasteiger partial charge >= 0.3 is 5.97 Å². The molecule has 1 atom stereocenters. The average Bonchev–Trinajstić information content (AvgIpc) is 2.93. The minimum absolute atomic E-state index is 0.00708. The van der Waals surface area contributed by atoms with Gasteiger partial charge in [0.25, 0.3) is 0 Å². The van der Waals surface area contributed by atoms with Crippen LogP contribution in [0.1, 0.15) is 38.3 Å². The quantitative estimate of drug-likeness (QED) is 0.459. The van der Waals surface area contributed by atoms with Crippen molar-refractivity contribution in [1.29, 1.82) is 5.26 Å². The lowest BCUT2D eigenvalue weighted by Crippen LogP contribution is -2.65. The Bertz CT molecular complexity index is 1710. The minimum atomic E-state index is -0.917. The molecule has 0 fully saturated rings. The standard InChI is InChI=1S/C32H31N3O5/c1-32(2,3)27-18-20(17-26(40-27)22-6-8-23(9-7-22)34(4)5)16-24-30(38)29(31(24)39)25(19-33)21-10-13-35(14-11-21)15-12-28(36)37/h6-11,13-14,16-18,20H,12,15H2,1-5H3/p+1. The fraction of sp³-hybridized carbons (Fsp3) is 0.281. The molecule has 0 saturated heterocycles. The van der Waals surface area contributed by atoms with Crippen LogP contribution in [-0.2, 0) is 16.1 Å². The molecule has 40 heavy (non-hydrogen) atoms. The van der Waals surface area contributed by atoms with Crippen LogP contribution in [0.4, 0.5) is 5.69 Å². The van der Waals surface area contributed by atoms with Gasteiger partial charge in [-0.2, -0.15) is 5.26 Å². The lowest BCUT2D eigenvalue weighted by Gasteiger charge is -2.29. The number of carboxylic acids is 1. The number of aromatic nitrogens is 1. The highest BCUT2D eigenvalue weighted by Gasteiger charge is 2.26. The summed E-state index contributed by atoms with van der Waals surface area (Å²) in [6.07, 6.45) is 8.63. The summed E-state index contributed by atoms with van der Waals surface area (Å²) >= 11 is 0. The monoisotopic (exact) mass is 538 g/mol. The summed E-state index contributed by atoms with van der Waals surface area (Å²) in [5.74, 6) is 0.107. The van der Waals surface area contributed by atoms with E-state index in [1.165, 1.54) is 0 Å². The van der Waals surface area contributed by atoms with Crippen molar-refractivity contribution in [2.45, 2.75) is 33.7 Å². The van der Waals surface area contributed by atoms with Crippen molar-refractivity contribution in [3.05, 3.63) is 109 Å². The van der Waals surface area contributed by atoms with Gasteiger partial charge in [-0.05, 0) is 36.4 Å². The van der Waals surface area contributed by atoms with Crippen LogP contribution in [0.25, 0.3) is 17.4 Å². The van der Waals surface area contributed by atoms with E-state index in [1.54, 1.807) is 35.2 Å². The molecule has 1 aliphatic heterocycles. The first kappa shape index (κ1) is 28.2. The van der Waals surface area contributed by atoms with Crippen molar-refractivity contribution >= 4 is 29.1 Å². The van der Waals surface area contributed by atoms with Crippen molar-refractivity contribution in [3.8, 4) is 6.07 Å². The number of pyridine rings is 1. The van der Waals surface area contributed by atoms with E-state index in [0.29, 0.717) is 11.3 Å². The molecule has 0 radical (unpaired) electrons.